The second-order valence-corrected chi connectivity index (χ2v) is 9.12. The molecule has 0 spiro atoms. The number of halogens is 9. The van der Waals surface area contributed by atoms with Gasteiger partial charge in [0.2, 0.25) is 0 Å². The summed E-state index contributed by atoms with van der Waals surface area (Å²) in [6.07, 6.45) is -3.66. The van der Waals surface area contributed by atoms with Crippen LogP contribution in [0.25, 0.3) is 0 Å². The van der Waals surface area contributed by atoms with E-state index in [9.17, 15) is 39.5 Å². The fourth-order valence-corrected chi connectivity index (χ4v) is 3.33. The lowest BCUT2D eigenvalue weighted by Gasteiger charge is -2.29. The molecule has 1 saturated carbocycles. The van der Waals surface area contributed by atoms with Crippen LogP contribution in [0.1, 0.15) is 35.1 Å². The maximum atomic E-state index is 10.6. The Balaban J connectivity index is 0.000000379. The van der Waals surface area contributed by atoms with E-state index in [4.69, 9.17) is 34.4 Å². The summed E-state index contributed by atoms with van der Waals surface area (Å²) in [6, 6.07) is 3.99. The quantitative estimate of drug-likeness (QED) is 0.370. The van der Waals surface area contributed by atoms with Gasteiger partial charge >= 0.3 is 36.4 Å². The average molecular weight is 651 g/mol. The van der Waals surface area contributed by atoms with Crippen LogP contribution >= 0.6 is 0 Å². The topological polar surface area (TPSA) is 150 Å². The Labute approximate surface area is 243 Å². The molecule has 44 heavy (non-hydrogen) atoms. The standard InChI is InChI=1S/C19H23N3O.3C2HF3O2/c1-2-15(1)11-22-8-5-19-17(12-22)9-21-10-18(19)14-23-13-16-3-6-20-7-4-16;3*3-2(4,5)1(6)7/h3-4,6-7,9-10,15H,1-2,5,8,11-14H2;3*(H,6,7). The molecule has 0 amide bonds. The van der Waals surface area contributed by atoms with Crippen LogP contribution in [0.5, 0.6) is 0 Å². The third kappa shape index (κ3) is 15.5. The number of aliphatic carboxylic acids is 3. The van der Waals surface area contributed by atoms with Crippen LogP contribution in [0.4, 0.5) is 39.5 Å². The molecule has 0 atom stereocenters. The first-order valence-electron chi connectivity index (χ1n) is 12.3. The van der Waals surface area contributed by atoms with Gasteiger partial charge in [-0.15, -0.1) is 0 Å². The van der Waals surface area contributed by atoms with Crippen LogP contribution < -0.4 is 0 Å². The summed E-state index contributed by atoms with van der Waals surface area (Å²) in [7, 11) is 0. The lowest BCUT2D eigenvalue weighted by atomic mass is 9.97. The molecule has 0 unspecified atom stereocenters. The van der Waals surface area contributed by atoms with E-state index in [1.807, 2.05) is 24.5 Å². The van der Waals surface area contributed by atoms with Gasteiger partial charge in [-0.25, -0.2) is 14.4 Å². The third-order valence-corrected chi connectivity index (χ3v) is 5.52. The van der Waals surface area contributed by atoms with Gasteiger partial charge < -0.3 is 20.1 Å². The van der Waals surface area contributed by atoms with Gasteiger partial charge in [0.1, 0.15) is 0 Å². The molecule has 3 N–H and O–H groups in total. The summed E-state index contributed by atoms with van der Waals surface area (Å²) < 4.78 is 101. The molecule has 2 aliphatic rings. The first-order chi connectivity index (χ1) is 20.2. The van der Waals surface area contributed by atoms with Gasteiger partial charge in [-0.2, -0.15) is 39.5 Å². The predicted molar refractivity (Wildman–Crippen MR) is 130 cm³/mol. The Morgan fingerprint density at radius 3 is 1.70 bits per heavy atom. The molecular weight excluding hydrogens is 625 g/mol. The molecule has 1 aliphatic heterocycles. The minimum Gasteiger partial charge on any atom is -0.475 e. The van der Waals surface area contributed by atoms with Gasteiger partial charge in [0.05, 0.1) is 13.2 Å². The molecule has 10 nitrogen and oxygen atoms in total. The minimum atomic E-state index is -5.08. The Bertz CT molecular complexity index is 1160. The molecular formula is C25H26F9N3O7. The van der Waals surface area contributed by atoms with Crippen molar-refractivity contribution in [2.75, 3.05) is 13.1 Å². The number of hydrogen-bond donors (Lipinski definition) is 3. The molecule has 3 heterocycles. The number of hydrogen-bond acceptors (Lipinski definition) is 7. The van der Waals surface area contributed by atoms with Gasteiger partial charge in [-0.05, 0) is 59.6 Å². The normalized spacial score (nSPS) is 14.8. The molecule has 1 aliphatic carbocycles. The number of alkyl halides is 9. The first-order valence-corrected chi connectivity index (χ1v) is 12.3. The van der Waals surface area contributed by atoms with Crippen molar-refractivity contribution in [1.82, 2.24) is 14.9 Å². The van der Waals surface area contributed by atoms with E-state index in [0.29, 0.717) is 13.2 Å². The molecule has 0 saturated heterocycles. The Morgan fingerprint density at radius 2 is 1.27 bits per heavy atom. The molecule has 2 aromatic rings. The number of carboxylic acids is 3. The highest BCUT2D eigenvalue weighted by Gasteiger charge is 2.39. The van der Waals surface area contributed by atoms with Crippen molar-refractivity contribution in [2.45, 2.75) is 57.5 Å². The number of rotatable bonds is 6. The maximum absolute atomic E-state index is 10.6. The number of nitrogens with zero attached hydrogens (tertiary/aromatic N) is 3. The van der Waals surface area contributed by atoms with E-state index < -0.39 is 36.4 Å². The smallest absolute Gasteiger partial charge is 0.475 e. The number of carboxylic acid groups (broad SMARTS) is 3. The van der Waals surface area contributed by atoms with Gasteiger partial charge in [-0.1, -0.05) is 0 Å². The molecule has 0 radical (unpaired) electrons. The van der Waals surface area contributed by atoms with Gasteiger partial charge in [-0.3, -0.25) is 14.9 Å². The summed E-state index contributed by atoms with van der Waals surface area (Å²) in [4.78, 5) is 37.7. The van der Waals surface area contributed by atoms with Crippen molar-refractivity contribution in [3.63, 3.8) is 0 Å². The first kappa shape index (κ1) is 38.0. The van der Waals surface area contributed by atoms with Crippen molar-refractivity contribution >= 4 is 17.9 Å². The second-order valence-electron chi connectivity index (χ2n) is 9.12. The van der Waals surface area contributed by atoms with Crippen LogP contribution in [0.15, 0.2) is 36.9 Å². The number of aromatic nitrogens is 2. The summed E-state index contributed by atoms with van der Waals surface area (Å²) in [5.41, 5.74) is 5.26. The zero-order valence-corrected chi connectivity index (χ0v) is 22.4. The van der Waals surface area contributed by atoms with Crippen LogP contribution in [-0.2, 0) is 45.3 Å². The maximum Gasteiger partial charge on any atom is 0.490 e. The van der Waals surface area contributed by atoms with Crippen LogP contribution in [-0.4, -0.2) is 79.7 Å². The molecule has 0 aromatic carbocycles. The Hall–Kier alpha value is -4.00. The Morgan fingerprint density at radius 1 is 0.795 bits per heavy atom. The number of fused-ring (bicyclic) bond motifs is 1. The number of pyridine rings is 2. The van der Waals surface area contributed by atoms with Crippen molar-refractivity contribution in [1.29, 1.82) is 0 Å². The zero-order valence-electron chi connectivity index (χ0n) is 22.4. The lowest BCUT2D eigenvalue weighted by Crippen LogP contribution is -2.33. The van der Waals surface area contributed by atoms with Crippen molar-refractivity contribution < 1.29 is 74.0 Å². The van der Waals surface area contributed by atoms with E-state index in [0.717, 1.165) is 24.4 Å². The van der Waals surface area contributed by atoms with E-state index in [2.05, 4.69) is 14.9 Å². The van der Waals surface area contributed by atoms with Crippen LogP contribution in [0, 0.1) is 5.92 Å². The molecule has 4 rings (SSSR count). The summed E-state index contributed by atoms with van der Waals surface area (Å²) >= 11 is 0. The van der Waals surface area contributed by atoms with Gasteiger partial charge in [0.25, 0.3) is 0 Å². The van der Waals surface area contributed by atoms with E-state index in [-0.39, 0.29) is 0 Å². The third-order valence-electron chi connectivity index (χ3n) is 5.52. The Kier molecular flexibility index (Phi) is 14.5. The molecule has 19 heteroatoms. The van der Waals surface area contributed by atoms with Crippen LogP contribution in [0.2, 0.25) is 0 Å². The lowest BCUT2D eigenvalue weighted by molar-refractivity contribution is -0.193. The van der Waals surface area contributed by atoms with Crippen LogP contribution in [0.3, 0.4) is 0 Å². The molecule has 1 fully saturated rings. The summed E-state index contributed by atoms with van der Waals surface area (Å²) in [5.74, 6) is -7.32. The van der Waals surface area contributed by atoms with Crippen molar-refractivity contribution in [2.24, 2.45) is 5.92 Å². The van der Waals surface area contributed by atoms with E-state index in [1.165, 1.54) is 42.6 Å². The highest BCUT2D eigenvalue weighted by molar-refractivity contribution is 5.73. The fourth-order valence-electron chi connectivity index (χ4n) is 3.33. The fraction of sp³-hybridized carbons (Fsp3) is 0.480. The van der Waals surface area contributed by atoms with E-state index in [1.54, 1.807) is 12.4 Å². The number of ether oxygens (including phenoxy) is 1. The largest absolute Gasteiger partial charge is 0.490 e. The van der Waals surface area contributed by atoms with Gasteiger partial charge in [0.15, 0.2) is 0 Å². The molecule has 246 valence electrons. The summed E-state index contributed by atoms with van der Waals surface area (Å²) in [5, 5.41) is 21.4. The summed E-state index contributed by atoms with van der Waals surface area (Å²) in [6.45, 7) is 4.76. The SMILES string of the molecule is O=C(O)C(F)(F)F.O=C(O)C(F)(F)F.O=C(O)C(F)(F)F.c1cc(COCc2cncc3c2CCN(CC2CC2)C3)ccn1. The molecule has 2 aromatic heterocycles. The molecule has 0 bridgehead atoms. The van der Waals surface area contributed by atoms with Gasteiger partial charge in [0, 0.05) is 44.4 Å². The minimum absolute atomic E-state index is 0.625. The van der Waals surface area contributed by atoms with E-state index >= 15 is 0 Å². The highest BCUT2D eigenvalue weighted by Crippen LogP contribution is 2.32. The second kappa shape index (κ2) is 16.7. The monoisotopic (exact) mass is 651 g/mol. The van der Waals surface area contributed by atoms with Crippen molar-refractivity contribution in [3.8, 4) is 0 Å². The predicted octanol–water partition coefficient (Wildman–Crippen LogP) is 4.86. The average Bonchev–Trinajstić information content (AvgIpc) is 3.73. The zero-order chi connectivity index (χ0) is 33.7. The number of carbonyl (C=O) groups is 3. The van der Waals surface area contributed by atoms with Crippen molar-refractivity contribution in [3.05, 3.63) is 59.2 Å². The highest BCUT2D eigenvalue weighted by atomic mass is 19.4.